The van der Waals surface area contributed by atoms with Gasteiger partial charge in [0.15, 0.2) is 6.61 Å². The van der Waals surface area contributed by atoms with E-state index in [1.807, 2.05) is 0 Å². The van der Waals surface area contributed by atoms with E-state index in [9.17, 15) is 24.1 Å². The molecule has 2 rings (SSSR count). The molecule has 2 aromatic rings. The Balaban J connectivity index is 1.95. The molecule has 23 heavy (non-hydrogen) atoms. The third kappa shape index (κ3) is 4.10. The molecule has 120 valence electrons. The van der Waals surface area contributed by atoms with E-state index in [0.717, 1.165) is 17.7 Å². The quantitative estimate of drug-likeness (QED) is 0.513. The fourth-order valence-corrected chi connectivity index (χ4v) is 2.52. The topological polar surface area (TPSA) is 98.5 Å². The van der Waals surface area contributed by atoms with Crippen LogP contribution in [0.15, 0.2) is 29.6 Å². The van der Waals surface area contributed by atoms with Crippen molar-refractivity contribution in [2.75, 3.05) is 11.9 Å². The number of carbonyl (C=O) groups excluding carboxylic acids is 2. The number of anilines is 1. The summed E-state index contributed by atoms with van der Waals surface area (Å²) in [5.74, 6) is -2.32. The fraction of sp³-hybridized carbons (Fsp3) is 0.143. The summed E-state index contributed by atoms with van der Waals surface area (Å²) >= 11 is 1.20. The lowest BCUT2D eigenvalue weighted by Gasteiger charge is -2.06. The molecule has 1 aromatic heterocycles. The molecule has 0 bridgehead atoms. The number of hydrogen-bond donors (Lipinski definition) is 1. The van der Waals surface area contributed by atoms with E-state index in [1.165, 1.54) is 17.4 Å². The zero-order valence-corrected chi connectivity index (χ0v) is 12.7. The lowest BCUT2D eigenvalue weighted by Crippen LogP contribution is -2.21. The number of halogens is 1. The van der Waals surface area contributed by atoms with Gasteiger partial charge in [0, 0.05) is 11.8 Å². The highest BCUT2D eigenvalue weighted by molar-refractivity contribution is 7.12. The van der Waals surface area contributed by atoms with Crippen molar-refractivity contribution in [1.82, 2.24) is 0 Å². The average molecular weight is 338 g/mol. The maximum atomic E-state index is 13.2. The van der Waals surface area contributed by atoms with E-state index in [-0.39, 0.29) is 5.69 Å². The van der Waals surface area contributed by atoms with Crippen molar-refractivity contribution in [2.24, 2.45) is 0 Å². The number of nitrogens with zero attached hydrogens (tertiary/aromatic N) is 1. The van der Waals surface area contributed by atoms with Crippen LogP contribution < -0.4 is 5.32 Å². The Hall–Kier alpha value is -2.81. The lowest BCUT2D eigenvalue weighted by atomic mass is 10.2. The van der Waals surface area contributed by atoms with Gasteiger partial charge in [-0.05, 0) is 36.1 Å². The molecule has 1 N–H and O–H groups in total. The summed E-state index contributed by atoms with van der Waals surface area (Å²) in [5.41, 5.74) is 0.0232. The van der Waals surface area contributed by atoms with E-state index >= 15 is 0 Å². The average Bonchev–Trinajstić information content (AvgIpc) is 2.92. The number of nitro groups is 1. The molecule has 0 atom stereocenters. The molecule has 0 spiro atoms. The fourth-order valence-electron chi connectivity index (χ4n) is 1.71. The summed E-state index contributed by atoms with van der Waals surface area (Å²) < 4.78 is 18.0. The number of aryl methyl sites for hydroxylation is 1. The lowest BCUT2D eigenvalue weighted by molar-refractivity contribution is -0.387. The van der Waals surface area contributed by atoms with Gasteiger partial charge in [0.05, 0.1) is 4.92 Å². The molecule has 9 heteroatoms. The van der Waals surface area contributed by atoms with Gasteiger partial charge >= 0.3 is 11.7 Å². The highest BCUT2D eigenvalue weighted by Gasteiger charge is 2.17. The summed E-state index contributed by atoms with van der Waals surface area (Å²) in [5, 5.41) is 14.6. The smallest absolute Gasteiger partial charge is 0.349 e. The number of ether oxygens (including phenoxy) is 1. The van der Waals surface area contributed by atoms with Crippen LogP contribution in [0.5, 0.6) is 0 Å². The molecule has 0 fully saturated rings. The Labute approximate surface area is 133 Å². The molecule has 0 saturated carbocycles. The maximum absolute atomic E-state index is 13.2. The van der Waals surface area contributed by atoms with Crippen molar-refractivity contribution in [3.8, 4) is 0 Å². The molecule has 0 unspecified atom stereocenters. The van der Waals surface area contributed by atoms with Crippen LogP contribution in [0.2, 0.25) is 0 Å². The molecule has 0 saturated heterocycles. The second-order valence-corrected chi connectivity index (χ2v) is 5.40. The molecular weight excluding hydrogens is 327 g/mol. The first-order valence-electron chi connectivity index (χ1n) is 6.33. The van der Waals surface area contributed by atoms with E-state index in [0.29, 0.717) is 4.88 Å². The predicted octanol–water partition coefficient (Wildman–Crippen LogP) is 2.90. The van der Waals surface area contributed by atoms with E-state index < -0.39 is 34.9 Å². The summed E-state index contributed by atoms with van der Waals surface area (Å²) in [6.45, 7) is 1.19. The number of esters is 1. The van der Waals surface area contributed by atoms with Crippen LogP contribution in [0.4, 0.5) is 15.8 Å². The van der Waals surface area contributed by atoms with Crippen molar-refractivity contribution >= 4 is 34.6 Å². The van der Waals surface area contributed by atoms with Crippen molar-refractivity contribution in [2.45, 2.75) is 6.92 Å². The number of benzene rings is 1. The number of carbonyl (C=O) groups is 2. The summed E-state index contributed by atoms with van der Waals surface area (Å²) in [4.78, 5) is 33.6. The minimum Gasteiger partial charge on any atom is -0.451 e. The Kier molecular flexibility index (Phi) is 5.02. The van der Waals surface area contributed by atoms with Gasteiger partial charge in [-0.2, -0.15) is 4.39 Å². The van der Waals surface area contributed by atoms with Gasteiger partial charge in [0.25, 0.3) is 5.91 Å². The summed E-state index contributed by atoms with van der Waals surface area (Å²) in [7, 11) is 0. The molecule has 0 aliphatic rings. The van der Waals surface area contributed by atoms with Crippen molar-refractivity contribution < 1.29 is 23.6 Å². The number of hydrogen-bond acceptors (Lipinski definition) is 6. The largest absolute Gasteiger partial charge is 0.451 e. The third-order valence-electron chi connectivity index (χ3n) is 2.81. The van der Waals surface area contributed by atoms with Gasteiger partial charge in [-0.25, -0.2) is 4.79 Å². The molecule has 0 aliphatic carbocycles. The van der Waals surface area contributed by atoms with Crippen LogP contribution in [0, 0.1) is 22.9 Å². The van der Waals surface area contributed by atoms with Crippen molar-refractivity contribution in [3.05, 3.63) is 56.0 Å². The Morgan fingerprint density at radius 2 is 2.13 bits per heavy atom. The number of amides is 1. The minimum atomic E-state index is -1.01. The third-order valence-corrected chi connectivity index (χ3v) is 3.80. The van der Waals surface area contributed by atoms with Crippen LogP contribution in [0.1, 0.15) is 15.2 Å². The highest BCUT2D eigenvalue weighted by Crippen LogP contribution is 2.21. The standard InChI is InChI=1S/C14H11FN2O5S/c1-8-4-5-23-13(8)14(19)22-7-12(18)16-9-2-3-10(15)11(6-9)17(20)21/h2-6H,7H2,1H3,(H,16,18). The Morgan fingerprint density at radius 3 is 2.74 bits per heavy atom. The number of rotatable bonds is 5. The molecule has 0 aliphatic heterocycles. The first kappa shape index (κ1) is 16.6. The first-order valence-corrected chi connectivity index (χ1v) is 7.21. The van der Waals surface area contributed by atoms with E-state index in [2.05, 4.69) is 5.32 Å². The number of nitro benzene ring substituents is 1. The second-order valence-electron chi connectivity index (χ2n) is 4.48. The monoisotopic (exact) mass is 338 g/mol. The normalized spacial score (nSPS) is 10.2. The van der Waals surface area contributed by atoms with Crippen molar-refractivity contribution in [3.63, 3.8) is 0 Å². The van der Waals surface area contributed by atoms with Crippen LogP contribution in [0.3, 0.4) is 0 Å². The molecule has 1 heterocycles. The Bertz CT molecular complexity index is 774. The van der Waals surface area contributed by atoms with Gasteiger partial charge in [-0.15, -0.1) is 11.3 Å². The summed E-state index contributed by atoms with van der Waals surface area (Å²) in [6.07, 6.45) is 0. The molecule has 1 amide bonds. The van der Waals surface area contributed by atoms with Crippen LogP contribution in [-0.2, 0) is 9.53 Å². The SMILES string of the molecule is Cc1ccsc1C(=O)OCC(=O)Nc1ccc(F)c([N+](=O)[O-])c1. The van der Waals surface area contributed by atoms with Crippen LogP contribution >= 0.6 is 11.3 Å². The van der Waals surface area contributed by atoms with E-state index in [4.69, 9.17) is 4.74 Å². The zero-order valence-electron chi connectivity index (χ0n) is 11.9. The van der Waals surface area contributed by atoms with Crippen LogP contribution in [0.25, 0.3) is 0 Å². The Morgan fingerprint density at radius 1 is 1.39 bits per heavy atom. The first-order chi connectivity index (χ1) is 10.9. The predicted molar refractivity (Wildman–Crippen MR) is 81.0 cm³/mol. The molecule has 7 nitrogen and oxygen atoms in total. The zero-order chi connectivity index (χ0) is 17.0. The molecule has 0 radical (unpaired) electrons. The minimum absolute atomic E-state index is 0.0338. The summed E-state index contributed by atoms with van der Waals surface area (Å²) in [6, 6.07) is 4.68. The number of thiophene rings is 1. The van der Waals surface area contributed by atoms with Crippen LogP contribution in [-0.4, -0.2) is 23.4 Å². The molecular formula is C14H11FN2O5S. The van der Waals surface area contributed by atoms with Gasteiger partial charge in [0.1, 0.15) is 4.88 Å². The van der Waals surface area contributed by atoms with E-state index in [1.54, 1.807) is 18.4 Å². The highest BCUT2D eigenvalue weighted by atomic mass is 32.1. The van der Waals surface area contributed by atoms with Gasteiger partial charge in [-0.3, -0.25) is 14.9 Å². The van der Waals surface area contributed by atoms with Gasteiger partial charge in [-0.1, -0.05) is 0 Å². The van der Waals surface area contributed by atoms with Gasteiger partial charge in [0.2, 0.25) is 5.82 Å². The molecule has 1 aromatic carbocycles. The van der Waals surface area contributed by atoms with Crippen molar-refractivity contribution in [1.29, 1.82) is 0 Å². The maximum Gasteiger partial charge on any atom is 0.349 e. The number of nitrogens with one attached hydrogen (secondary N) is 1. The second kappa shape index (κ2) is 6.97. The van der Waals surface area contributed by atoms with Gasteiger partial charge < -0.3 is 10.1 Å².